The molecule has 0 unspecified atom stereocenters. The van der Waals surface area contributed by atoms with Crippen molar-refractivity contribution >= 4 is 27.5 Å². The van der Waals surface area contributed by atoms with Gasteiger partial charge in [0.25, 0.3) is 0 Å². The van der Waals surface area contributed by atoms with Gasteiger partial charge in [0, 0.05) is 15.9 Å². The van der Waals surface area contributed by atoms with Gasteiger partial charge in [-0.25, -0.2) is 4.39 Å². The maximum atomic E-state index is 12.6. The lowest BCUT2D eigenvalue weighted by molar-refractivity contribution is 0.481. The van der Waals surface area contributed by atoms with Gasteiger partial charge in [-0.05, 0) is 24.5 Å². The molecule has 0 bridgehead atoms. The molecule has 0 saturated heterocycles. The van der Waals surface area contributed by atoms with Crippen LogP contribution in [0.15, 0.2) is 22.7 Å². The third kappa shape index (κ3) is 2.96. The highest BCUT2D eigenvalue weighted by Crippen LogP contribution is 2.22. The first-order valence-electron chi connectivity index (χ1n) is 4.17. The van der Waals surface area contributed by atoms with Crippen LogP contribution in [0.5, 0.6) is 0 Å². The third-order valence-electron chi connectivity index (χ3n) is 1.93. The van der Waals surface area contributed by atoms with Crippen molar-refractivity contribution in [1.29, 1.82) is 0 Å². The fourth-order valence-corrected chi connectivity index (χ4v) is 1.89. The quantitative estimate of drug-likeness (QED) is 0.719. The zero-order valence-corrected chi connectivity index (χ0v) is 9.54. The van der Waals surface area contributed by atoms with E-state index in [2.05, 4.69) is 15.9 Å². The second-order valence-corrected chi connectivity index (χ2v) is 4.04. The molecule has 1 rings (SSSR count). The molecular formula is C10H11BrClF. The van der Waals surface area contributed by atoms with Crippen LogP contribution in [-0.4, -0.2) is 5.88 Å². The Morgan fingerprint density at radius 2 is 2.15 bits per heavy atom. The molecule has 13 heavy (non-hydrogen) atoms. The van der Waals surface area contributed by atoms with Crippen molar-refractivity contribution in [1.82, 2.24) is 0 Å². The zero-order chi connectivity index (χ0) is 9.68. The predicted octanol–water partition coefficient (Wildman–Crippen LogP) is 4.09. The average Bonchev–Trinajstić information content (AvgIpc) is 2.15. The maximum absolute atomic E-state index is 12.6. The molecule has 1 aromatic rings. The minimum atomic E-state index is -0.418. The maximum Gasteiger partial charge on any atom is 0.116 e. The standard InChI is InChI=1S/C10H11BrClF/c11-10-5-1-3-8(4-2-6-12)9(10)7-13/h1,3,5H,2,4,6-7H2. The number of rotatable bonds is 4. The lowest BCUT2D eigenvalue weighted by Gasteiger charge is -2.07. The van der Waals surface area contributed by atoms with Crippen LogP contribution in [0.4, 0.5) is 4.39 Å². The Labute approximate surface area is 91.2 Å². The lowest BCUT2D eigenvalue weighted by Crippen LogP contribution is -1.94. The summed E-state index contributed by atoms with van der Waals surface area (Å²) in [6, 6.07) is 5.73. The lowest BCUT2D eigenvalue weighted by atomic mass is 10.0. The first kappa shape index (κ1) is 11.0. The summed E-state index contributed by atoms with van der Waals surface area (Å²) in [6.45, 7) is -0.418. The number of hydrogen-bond donors (Lipinski definition) is 0. The van der Waals surface area contributed by atoms with Gasteiger partial charge < -0.3 is 0 Å². The summed E-state index contributed by atoms with van der Waals surface area (Å²) in [7, 11) is 0. The summed E-state index contributed by atoms with van der Waals surface area (Å²) >= 11 is 8.91. The van der Waals surface area contributed by atoms with E-state index in [-0.39, 0.29) is 0 Å². The summed E-state index contributed by atoms with van der Waals surface area (Å²) < 4.78 is 13.5. The molecule has 0 aliphatic carbocycles. The van der Waals surface area contributed by atoms with Gasteiger partial charge in [0.1, 0.15) is 6.67 Å². The Hall–Kier alpha value is -0.0800. The van der Waals surface area contributed by atoms with E-state index >= 15 is 0 Å². The molecule has 0 radical (unpaired) electrons. The molecule has 0 amide bonds. The smallest absolute Gasteiger partial charge is 0.116 e. The molecule has 0 nitrogen and oxygen atoms in total. The van der Waals surface area contributed by atoms with Crippen molar-refractivity contribution < 1.29 is 4.39 Å². The highest BCUT2D eigenvalue weighted by atomic mass is 79.9. The Morgan fingerprint density at radius 3 is 2.77 bits per heavy atom. The van der Waals surface area contributed by atoms with E-state index < -0.39 is 6.67 Å². The highest BCUT2D eigenvalue weighted by molar-refractivity contribution is 9.10. The van der Waals surface area contributed by atoms with Crippen LogP contribution >= 0.6 is 27.5 Å². The predicted molar refractivity (Wildman–Crippen MR) is 58.0 cm³/mol. The summed E-state index contributed by atoms with van der Waals surface area (Å²) in [5.41, 5.74) is 1.81. The molecule has 0 N–H and O–H groups in total. The Balaban J connectivity index is 2.85. The van der Waals surface area contributed by atoms with Crippen LogP contribution < -0.4 is 0 Å². The number of alkyl halides is 2. The highest BCUT2D eigenvalue weighted by Gasteiger charge is 2.05. The molecule has 0 atom stereocenters. The van der Waals surface area contributed by atoms with E-state index in [0.29, 0.717) is 5.88 Å². The first-order valence-corrected chi connectivity index (χ1v) is 5.50. The summed E-state index contributed by atoms with van der Waals surface area (Å²) in [6.07, 6.45) is 1.74. The van der Waals surface area contributed by atoms with E-state index in [1.54, 1.807) is 0 Å². The molecule has 0 aliphatic rings. The molecule has 0 aliphatic heterocycles. The number of hydrogen-bond acceptors (Lipinski definition) is 0. The molecule has 0 aromatic heterocycles. The van der Waals surface area contributed by atoms with Crippen molar-refractivity contribution in [2.24, 2.45) is 0 Å². The van der Waals surface area contributed by atoms with Gasteiger partial charge in [-0.15, -0.1) is 11.6 Å². The zero-order valence-electron chi connectivity index (χ0n) is 7.19. The largest absolute Gasteiger partial charge is 0.246 e. The summed E-state index contributed by atoms with van der Waals surface area (Å²) in [4.78, 5) is 0. The van der Waals surface area contributed by atoms with Crippen molar-refractivity contribution in [2.75, 3.05) is 5.88 Å². The van der Waals surface area contributed by atoms with E-state index in [4.69, 9.17) is 11.6 Å². The monoisotopic (exact) mass is 264 g/mol. The van der Waals surface area contributed by atoms with Gasteiger partial charge in [0.15, 0.2) is 0 Å². The molecular weight excluding hydrogens is 254 g/mol. The minimum absolute atomic E-state index is 0.418. The molecule has 72 valence electrons. The Kier molecular flexibility index (Phi) is 4.74. The van der Waals surface area contributed by atoms with E-state index in [0.717, 1.165) is 28.4 Å². The first-order chi connectivity index (χ1) is 6.29. The van der Waals surface area contributed by atoms with Gasteiger partial charge in [-0.3, -0.25) is 0 Å². The fraction of sp³-hybridized carbons (Fsp3) is 0.400. The SMILES string of the molecule is FCc1c(Br)cccc1CCCCl. The summed E-state index contributed by atoms with van der Waals surface area (Å²) in [5, 5.41) is 0. The molecule has 0 fully saturated rings. The molecule has 0 spiro atoms. The van der Waals surface area contributed by atoms with Crippen LogP contribution in [-0.2, 0) is 13.1 Å². The van der Waals surface area contributed by atoms with Gasteiger partial charge in [0.05, 0.1) is 0 Å². The van der Waals surface area contributed by atoms with Gasteiger partial charge in [-0.1, -0.05) is 28.1 Å². The van der Waals surface area contributed by atoms with Gasteiger partial charge in [-0.2, -0.15) is 0 Å². The number of halogens is 3. The van der Waals surface area contributed by atoms with Crippen molar-refractivity contribution in [2.45, 2.75) is 19.5 Å². The topological polar surface area (TPSA) is 0 Å². The number of benzene rings is 1. The molecule has 1 aromatic carbocycles. The van der Waals surface area contributed by atoms with Crippen molar-refractivity contribution in [3.8, 4) is 0 Å². The molecule has 0 heterocycles. The Bertz CT molecular complexity index is 276. The van der Waals surface area contributed by atoms with Crippen LogP contribution in [0.1, 0.15) is 17.5 Å². The van der Waals surface area contributed by atoms with Crippen molar-refractivity contribution in [3.63, 3.8) is 0 Å². The number of aryl methyl sites for hydroxylation is 1. The van der Waals surface area contributed by atoms with E-state index in [1.165, 1.54) is 0 Å². The fourth-order valence-electron chi connectivity index (χ4n) is 1.24. The van der Waals surface area contributed by atoms with Gasteiger partial charge >= 0.3 is 0 Å². The second kappa shape index (κ2) is 5.61. The summed E-state index contributed by atoms with van der Waals surface area (Å²) in [5.74, 6) is 0.623. The van der Waals surface area contributed by atoms with Gasteiger partial charge in [0.2, 0.25) is 0 Å². The van der Waals surface area contributed by atoms with Crippen LogP contribution in [0.25, 0.3) is 0 Å². The second-order valence-electron chi connectivity index (χ2n) is 2.80. The minimum Gasteiger partial charge on any atom is -0.246 e. The average molecular weight is 266 g/mol. The van der Waals surface area contributed by atoms with Crippen LogP contribution in [0, 0.1) is 0 Å². The molecule has 0 saturated carbocycles. The third-order valence-corrected chi connectivity index (χ3v) is 2.94. The van der Waals surface area contributed by atoms with Crippen LogP contribution in [0.3, 0.4) is 0 Å². The van der Waals surface area contributed by atoms with E-state index in [9.17, 15) is 4.39 Å². The van der Waals surface area contributed by atoms with Crippen molar-refractivity contribution in [3.05, 3.63) is 33.8 Å². The molecule has 3 heteroatoms. The van der Waals surface area contributed by atoms with E-state index in [1.807, 2.05) is 18.2 Å². The van der Waals surface area contributed by atoms with Crippen LogP contribution in [0.2, 0.25) is 0 Å². The normalized spacial score (nSPS) is 10.4. The Morgan fingerprint density at radius 1 is 1.38 bits per heavy atom.